The number of nitrogens with zero attached hydrogens (tertiary/aromatic N) is 1. The molecule has 0 unspecified atom stereocenters. The standard InChI is InChI=1S/C26H27NO4/c1-17(28)30-24-5-3-2-4-23(24)25(29)31-22-8-6-18(7-9-22)16-27-26-13-19-10-20(14-26)12-21(11-19)15-26/h2-9,16,19-21H,10-15H2,1H3. The van der Waals surface area contributed by atoms with Crippen LogP contribution in [0.3, 0.4) is 0 Å². The van der Waals surface area contributed by atoms with E-state index in [9.17, 15) is 9.59 Å². The number of aliphatic imine (C=N–C) groups is 1. The molecule has 0 N–H and O–H groups in total. The third kappa shape index (κ3) is 4.27. The summed E-state index contributed by atoms with van der Waals surface area (Å²) in [6.45, 7) is 1.30. The van der Waals surface area contributed by atoms with Crippen molar-refractivity contribution in [1.82, 2.24) is 0 Å². The zero-order valence-corrected chi connectivity index (χ0v) is 17.8. The molecule has 31 heavy (non-hydrogen) atoms. The summed E-state index contributed by atoms with van der Waals surface area (Å²) >= 11 is 0. The Bertz CT molecular complexity index is 989. The molecule has 5 heteroatoms. The molecule has 2 aromatic rings. The van der Waals surface area contributed by atoms with Crippen LogP contribution in [0.15, 0.2) is 53.5 Å². The number of benzene rings is 2. The summed E-state index contributed by atoms with van der Waals surface area (Å²) in [5.41, 5.74) is 1.38. The van der Waals surface area contributed by atoms with Crippen LogP contribution in [0, 0.1) is 17.8 Å². The number of esters is 2. The van der Waals surface area contributed by atoms with Gasteiger partial charge in [-0.05, 0) is 98.2 Å². The Labute approximate surface area is 182 Å². The molecule has 0 saturated heterocycles. The summed E-state index contributed by atoms with van der Waals surface area (Å²) in [5, 5.41) is 0. The number of para-hydroxylation sites is 1. The van der Waals surface area contributed by atoms with E-state index in [0.717, 1.165) is 23.3 Å². The van der Waals surface area contributed by atoms with Crippen LogP contribution in [0.1, 0.15) is 61.4 Å². The molecule has 4 aliphatic carbocycles. The van der Waals surface area contributed by atoms with Gasteiger partial charge >= 0.3 is 11.9 Å². The Morgan fingerprint density at radius 3 is 2.13 bits per heavy atom. The average molecular weight is 418 g/mol. The van der Waals surface area contributed by atoms with Crippen molar-refractivity contribution in [2.75, 3.05) is 0 Å². The molecular weight excluding hydrogens is 390 g/mol. The van der Waals surface area contributed by atoms with Gasteiger partial charge in [-0.15, -0.1) is 0 Å². The van der Waals surface area contributed by atoms with Gasteiger partial charge in [-0.3, -0.25) is 9.79 Å². The molecule has 6 rings (SSSR count). The van der Waals surface area contributed by atoms with Crippen molar-refractivity contribution in [1.29, 1.82) is 0 Å². The lowest BCUT2D eigenvalue weighted by atomic mass is 9.53. The van der Waals surface area contributed by atoms with E-state index in [4.69, 9.17) is 14.5 Å². The van der Waals surface area contributed by atoms with Gasteiger partial charge in [0.15, 0.2) is 0 Å². The highest BCUT2D eigenvalue weighted by atomic mass is 16.5. The third-order valence-electron chi connectivity index (χ3n) is 6.94. The topological polar surface area (TPSA) is 65.0 Å². The first-order valence-corrected chi connectivity index (χ1v) is 11.1. The minimum absolute atomic E-state index is 0.153. The van der Waals surface area contributed by atoms with E-state index in [2.05, 4.69) is 0 Å². The maximum absolute atomic E-state index is 12.5. The SMILES string of the molecule is CC(=O)Oc1ccccc1C(=O)Oc1ccc(C=NC23CC4CC(CC(C4)C2)C3)cc1. The lowest BCUT2D eigenvalue weighted by Crippen LogP contribution is -2.49. The average Bonchev–Trinajstić information content (AvgIpc) is 2.72. The highest BCUT2D eigenvalue weighted by Gasteiger charge is 2.50. The van der Waals surface area contributed by atoms with Crippen LogP contribution in [0.5, 0.6) is 11.5 Å². The molecule has 0 spiro atoms. The van der Waals surface area contributed by atoms with Gasteiger partial charge < -0.3 is 9.47 Å². The van der Waals surface area contributed by atoms with Gasteiger partial charge in [-0.2, -0.15) is 0 Å². The molecule has 0 radical (unpaired) electrons. The van der Waals surface area contributed by atoms with Crippen LogP contribution >= 0.6 is 0 Å². The molecule has 4 aliphatic rings. The van der Waals surface area contributed by atoms with Gasteiger partial charge in [0.05, 0.1) is 5.54 Å². The Morgan fingerprint density at radius 1 is 0.903 bits per heavy atom. The van der Waals surface area contributed by atoms with Crippen molar-refractivity contribution < 1.29 is 19.1 Å². The van der Waals surface area contributed by atoms with Crippen LogP contribution in [-0.4, -0.2) is 23.7 Å². The number of hydrogen-bond donors (Lipinski definition) is 0. The minimum atomic E-state index is -0.563. The molecule has 0 aromatic heterocycles. The van der Waals surface area contributed by atoms with Crippen LogP contribution in [0.4, 0.5) is 0 Å². The molecular formula is C26H27NO4. The van der Waals surface area contributed by atoms with E-state index in [1.165, 1.54) is 45.4 Å². The van der Waals surface area contributed by atoms with Crippen LogP contribution in [0.2, 0.25) is 0 Å². The molecule has 5 nitrogen and oxygen atoms in total. The fourth-order valence-electron chi connectivity index (χ4n) is 6.10. The lowest BCUT2D eigenvalue weighted by molar-refractivity contribution is -0.131. The molecule has 4 bridgehead atoms. The molecule has 2 aromatic carbocycles. The highest BCUT2D eigenvalue weighted by molar-refractivity contribution is 5.94. The summed E-state index contributed by atoms with van der Waals surface area (Å²) < 4.78 is 10.6. The molecule has 4 saturated carbocycles. The minimum Gasteiger partial charge on any atom is -0.426 e. The zero-order valence-electron chi connectivity index (χ0n) is 17.8. The Kier molecular flexibility index (Phi) is 5.12. The second-order valence-corrected chi connectivity index (χ2v) is 9.45. The Balaban J connectivity index is 1.25. The quantitative estimate of drug-likeness (QED) is 0.380. The smallest absolute Gasteiger partial charge is 0.347 e. The molecule has 0 atom stereocenters. The van der Waals surface area contributed by atoms with Crippen LogP contribution < -0.4 is 9.47 Å². The number of carbonyl (C=O) groups is 2. The summed E-state index contributed by atoms with van der Waals surface area (Å²) in [6.07, 6.45) is 9.96. The van der Waals surface area contributed by atoms with E-state index in [-0.39, 0.29) is 16.9 Å². The van der Waals surface area contributed by atoms with Crippen LogP contribution in [0.25, 0.3) is 0 Å². The largest absolute Gasteiger partial charge is 0.426 e. The normalized spacial score (nSPS) is 28.6. The lowest BCUT2D eigenvalue weighted by Gasteiger charge is -2.54. The highest BCUT2D eigenvalue weighted by Crippen LogP contribution is 2.57. The van der Waals surface area contributed by atoms with E-state index in [0.29, 0.717) is 5.75 Å². The second-order valence-electron chi connectivity index (χ2n) is 9.45. The molecule has 0 aliphatic heterocycles. The monoisotopic (exact) mass is 417 g/mol. The van der Waals surface area contributed by atoms with Gasteiger partial charge in [0.1, 0.15) is 17.1 Å². The Morgan fingerprint density at radius 2 is 1.52 bits per heavy atom. The van der Waals surface area contributed by atoms with E-state index in [1.54, 1.807) is 36.4 Å². The van der Waals surface area contributed by atoms with Gasteiger partial charge in [0.2, 0.25) is 0 Å². The van der Waals surface area contributed by atoms with Gasteiger partial charge in [-0.25, -0.2) is 4.79 Å². The third-order valence-corrected chi connectivity index (χ3v) is 6.94. The van der Waals surface area contributed by atoms with E-state index >= 15 is 0 Å². The predicted molar refractivity (Wildman–Crippen MR) is 118 cm³/mol. The zero-order chi connectivity index (χ0) is 21.4. The molecule has 0 heterocycles. The number of carbonyl (C=O) groups excluding carboxylic acids is 2. The van der Waals surface area contributed by atoms with Crippen molar-refractivity contribution >= 4 is 18.2 Å². The maximum atomic E-state index is 12.5. The van der Waals surface area contributed by atoms with E-state index in [1.807, 2.05) is 18.3 Å². The maximum Gasteiger partial charge on any atom is 0.347 e. The first-order valence-electron chi connectivity index (χ1n) is 11.1. The fourth-order valence-corrected chi connectivity index (χ4v) is 6.10. The van der Waals surface area contributed by atoms with Crippen molar-refractivity contribution in [2.45, 2.75) is 51.0 Å². The molecule has 4 fully saturated rings. The van der Waals surface area contributed by atoms with Crippen molar-refractivity contribution in [3.05, 3.63) is 59.7 Å². The van der Waals surface area contributed by atoms with Gasteiger partial charge in [0, 0.05) is 13.1 Å². The number of hydrogen-bond acceptors (Lipinski definition) is 5. The summed E-state index contributed by atoms with van der Waals surface area (Å²) in [5.74, 6) is 2.21. The Hall–Kier alpha value is -2.95. The summed E-state index contributed by atoms with van der Waals surface area (Å²) in [7, 11) is 0. The van der Waals surface area contributed by atoms with Gasteiger partial charge in [0.25, 0.3) is 0 Å². The number of ether oxygens (including phenoxy) is 2. The first-order chi connectivity index (χ1) is 15.0. The van der Waals surface area contributed by atoms with Crippen LogP contribution in [-0.2, 0) is 4.79 Å². The second kappa shape index (κ2) is 7.95. The van der Waals surface area contributed by atoms with Crippen molar-refractivity contribution in [3.63, 3.8) is 0 Å². The van der Waals surface area contributed by atoms with Gasteiger partial charge in [-0.1, -0.05) is 12.1 Å². The van der Waals surface area contributed by atoms with E-state index < -0.39 is 11.9 Å². The number of rotatable bonds is 5. The fraction of sp³-hybridized carbons (Fsp3) is 0.423. The summed E-state index contributed by atoms with van der Waals surface area (Å²) in [6, 6.07) is 13.9. The first kappa shape index (κ1) is 20.0. The van der Waals surface area contributed by atoms with Crippen molar-refractivity contribution in [2.24, 2.45) is 22.7 Å². The predicted octanol–water partition coefficient (Wildman–Crippen LogP) is 5.22. The van der Waals surface area contributed by atoms with Crippen molar-refractivity contribution in [3.8, 4) is 11.5 Å². The summed E-state index contributed by atoms with van der Waals surface area (Å²) in [4.78, 5) is 28.9. The molecule has 0 amide bonds. The molecule has 160 valence electrons.